The van der Waals surface area contributed by atoms with E-state index in [2.05, 4.69) is 31.4 Å². The highest BCUT2D eigenvalue weighted by molar-refractivity contribution is 9.11. The molecule has 1 amide bonds. The summed E-state index contributed by atoms with van der Waals surface area (Å²) in [6, 6.07) is 1.72. The van der Waals surface area contributed by atoms with Crippen LogP contribution in [0.15, 0.2) is 20.8 Å². The zero-order valence-electron chi connectivity index (χ0n) is 10.2. The number of nitrogens with zero attached hydrogens (tertiary/aromatic N) is 2. The Bertz CT molecular complexity index is 592. The van der Waals surface area contributed by atoms with Gasteiger partial charge in [0.05, 0.1) is 15.4 Å². The summed E-state index contributed by atoms with van der Waals surface area (Å²) in [4.78, 5) is 17.4. The van der Waals surface area contributed by atoms with Crippen molar-refractivity contribution in [2.45, 2.75) is 25.8 Å². The standard InChI is InChI=1S/C12H12BrN3O2S/c1-6-4-8(10(13)19-6)12(17)15-9(7-2-3-7)11-14-5-18-16-11/h4-5,7,9H,2-3H2,1H3,(H,15,17). The maximum absolute atomic E-state index is 12.3. The molecule has 1 fully saturated rings. The van der Waals surface area contributed by atoms with Crippen LogP contribution in [0.4, 0.5) is 0 Å². The van der Waals surface area contributed by atoms with E-state index in [1.165, 1.54) is 6.39 Å². The summed E-state index contributed by atoms with van der Waals surface area (Å²) in [5.41, 5.74) is 0.664. The van der Waals surface area contributed by atoms with Crippen LogP contribution in [0.5, 0.6) is 0 Å². The SMILES string of the molecule is Cc1cc(C(=O)NC(c2ncon2)C2CC2)c(Br)s1. The fraction of sp³-hybridized carbons (Fsp3) is 0.417. The molecule has 100 valence electrons. The second-order valence-electron chi connectivity index (χ2n) is 4.62. The van der Waals surface area contributed by atoms with Gasteiger partial charge in [-0.1, -0.05) is 5.16 Å². The van der Waals surface area contributed by atoms with E-state index in [-0.39, 0.29) is 11.9 Å². The van der Waals surface area contributed by atoms with E-state index in [1.807, 2.05) is 13.0 Å². The van der Waals surface area contributed by atoms with Gasteiger partial charge >= 0.3 is 0 Å². The maximum Gasteiger partial charge on any atom is 0.253 e. The molecule has 0 spiro atoms. The van der Waals surface area contributed by atoms with Gasteiger partial charge in [0.25, 0.3) is 5.91 Å². The summed E-state index contributed by atoms with van der Waals surface area (Å²) in [7, 11) is 0. The average Bonchev–Trinajstić information content (AvgIpc) is 2.94. The van der Waals surface area contributed by atoms with Crippen LogP contribution in [-0.4, -0.2) is 16.0 Å². The predicted molar refractivity (Wildman–Crippen MR) is 74.0 cm³/mol. The molecular weight excluding hydrogens is 330 g/mol. The number of hydrogen-bond donors (Lipinski definition) is 1. The zero-order valence-corrected chi connectivity index (χ0v) is 12.6. The van der Waals surface area contributed by atoms with Crippen LogP contribution in [0.25, 0.3) is 0 Å². The number of carbonyl (C=O) groups is 1. The monoisotopic (exact) mass is 341 g/mol. The molecular formula is C12H12BrN3O2S. The van der Waals surface area contributed by atoms with Crippen molar-refractivity contribution in [3.8, 4) is 0 Å². The molecule has 1 saturated carbocycles. The first-order valence-electron chi connectivity index (χ1n) is 5.98. The van der Waals surface area contributed by atoms with Gasteiger partial charge in [-0.05, 0) is 47.7 Å². The van der Waals surface area contributed by atoms with Gasteiger partial charge in [0.1, 0.15) is 0 Å². The highest BCUT2D eigenvalue weighted by Crippen LogP contribution is 2.40. The number of thiophene rings is 1. The largest absolute Gasteiger partial charge is 0.343 e. The Hall–Kier alpha value is -1.21. The normalized spacial score (nSPS) is 16.3. The molecule has 0 aromatic carbocycles. The number of amides is 1. The molecule has 0 aliphatic heterocycles. The highest BCUT2D eigenvalue weighted by Gasteiger charge is 2.36. The maximum atomic E-state index is 12.3. The lowest BCUT2D eigenvalue weighted by atomic mass is 10.1. The highest BCUT2D eigenvalue weighted by atomic mass is 79.9. The molecule has 7 heteroatoms. The topological polar surface area (TPSA) is 68.0 Å². The Morgan fingerprint density at radius 2 is 2.42 bits per heavy atom. The molecule has 1 N–H and O–H groups in total. The first kappa shape index (κ1) is 12.8. The molecule has 1 aliphatic rings. The number of nitrogens with one attached hydrogen (secondary N) is 1. The van der Waals surface area contributed by atoms with Crippen molar-refractivity contribution >= 4 is 33.2 Å². The lowest BCUT2D eigenvalue weighted by molar-refractivity contribution is 0.0928. The van der Waals surface area contributed by atoms with Gasteiger partial charge in [-0.25, -0.2) is 0 Å². The Morgan fingerprint density at radius 1 is 1.63 bits per heavy atom. The minimum absolute atomic E-state index is 0.0991. The third-order valence-electron chi connectivity index (χ3n) is 3.09. The summed E-state index contributed by atoms with van der Waals surface area (Å²) < 4.78 is 5.62. The van der Waals surface area contributed by atoms with E-state index in [1.54, 1.807) is 11.3 Å². The Balaban J connectivity index is 1.79. The molecule has 0 bridgehead atoms. The number of aromatic nitrogens is 2. The second-order valence-corrected chi connectivity index (χ2v) is 7.20. The Morgan fingerprint density at radius 3 is 2.95 bits per heavy atom. The second kappa shape index (κ2) is 5.05. The van der Waals surface area contributed by atoms with Crippen LogP contribution in [-0.2, 0) is 0 Å². The van der Waals surface area contributed by atoms with E-state index in [0.29, 0.717) is 17.3 Å². The van der Waals surface area contributed by atoms with Crippen molar-refractivity contribution in [1.82, 2.24) is 15.5 Å². The summed E-state index contributed by atoms with van der Waals surface area (Å²) in [5, 5.41) is 6.85. The van der Waals surface area contributed by atoms with Crippen molar-refractivity contribution in [2.75, 3.05) is 0 Å². The van der Waals surface area contributed by atoms with Crippen molar-refractivity contribution in [3.05, 3.63) is 32.5 Å². The van der Waals surface area contributed by atoms with Gasteiger partial charge < -0.3 is 9.84 Å². The van der Waals surface area contributed by atoms with E-state index < -0.39 is 0 Å². The van der Waals surface area contributed by atoms with E-state index in [4.69, 9.17) is 4.52 Å². The van der Waals surface area contributed by atoms with Crippen LogP contribution in [0.3, 0.4) is 0 Å². The minimum atomic E-state index is -0.154. The van der Waals surface area contributed by atoms with E-state index in [0.717, 1.165) is 21.5 Å². The van der Waals surface area contributed by atoms with Gasteiger partial charge in [-0.2, -0.15) is 4.98 Å². The van der Waals surface area contributed by atoms with Crippen LogP contribution in [0, 0.1) is 12.8 Å². The van der Waals surface area contributed by atoms with Crippen LogP contribution < -0.4 is 5.32 Å². The van der Waals surface area contributed by atoms with Crippen molar-refractivity contribution in [2.24, 2.45) is 5.92 Å². The molecule has 0 radical (unpaired) electrons. The first-order chi connectivity index (χ1) is 9.15. The zero-order chi connectivity index (χ0) is 13.4. The van der Waals surface area contributed by atoms with Gasteiger partial charge in [0.15, 0.2) is 5.82 Å². The van der Waals surface area contributed by atoms with Crippen LogP contribution >= 0.6 is 27.3 Å². The molecule has 1 atom stereocenters. The molecule has 3 rings (SSSR count). The van der Waals surface area contributed by atoms with Crippen LogP contribution in [0.2, 0.25) is 0 Å². The molecule has 5 nitrogen and oxygen atoms in total. The average molecular weight is 342 g/mol. The summed E-state index contributed by atoms with van der Waals surface area (Å²) in [5.74, 6) is 0.872. The number of rotatable bonds is 4. The molecule has 2 aromatic heterocycles. The third-order valence-corrected chi connectivity index (χ3v) is 4.84. The smallest absolute Gasteiger partial charge is 0.253 e. The van der Waals surface area contributed by atoms with Gasteiger partial charge in [-0.3, -0.25) is 4.79 Å². The summed E-state index contributed by atoms with van der Waals surface area (Å²) >= 11 is 4.97. The van der Waals surface area contributed by atoms with Crippen molar-refractivity contribution in [1.29, 1.82) is 0 Å². The molecule has 1 aliphatic carbocycles. The lowest BCUT2D eigenvalue weighted by Crippen LogP contribution is -2.30. The lowest BCUT2D eigenvalue weighted by Gasteiger charge is -2.14. The minimum Gasteiger partial charge on any atom is -0.343 e. The summed E-state index contributed by atoms with van der Waals surface area (Å²) in [6.45, 7) is 1.98. The number of halogens is 1. The van der Waals surface area contributed by atoms with Gasteiger partial charge in [-0.15, -0.1) is 11.3 Å². The number of hydrogen-bond acceptors (Lipinski definition) is 5. The van der Waals surface area contributed by atoms with Gasteiger partial charge in [0, 0.05) is 4.88 Å². The molecule has 1 unspecified atom stereocenters. The predicted octanol–water partition coefficient (Wildman–Crippen LogP) is 3.08. The molecule has 19 heavy (non-hydrogen) atoms. The third kappa shape index (κ3) is 2.71. The quantitative estimate of drug-likeness (QED) is 0.927. The Labute approximate surface area is 122 Å². The molecule has 2 heterocycles. The first-order valence-corrected chi connectivity index (χ1v) is 7.59. The summed E-state index contributed by atoms with van der Waals surface area (Å²) in [6.07, 6.45) is 3.47. The number of carbonyl (C=O) groups excluding carboxylic acids is 1. The molecule has 2 aromatic rings. The van der Waals surface area contributed by atoms with Gasteiger partial charge in [0.2, 0.25) is 6.39 Å². The van der Waals surface area contributed by atoms with E-state index >= 15 is 0 Å². The van der Waals surface area contributed by atoms with E-state index in [9.17, 15) is 4.79 Å². The number of aryl methyl sites for hydroxylation is 1. The Kier molecular flexibility index (Phi) is 3.40. The van der Waals surface area contributed by atoms with Crippen molar-refractivity contribution < 1.29 is 9.32 Å². The van der Waals surface area contributed by atoms with Crippen LogP contribution in [0.1, 0.15) is 39.9 Å². The van der Waals surface area contributed by atoms with Crippen molar-refractivity contribution in [3.63, 3.8) is 0 Å². The fourth-order valence-electron chi connectivity index (χ4n) is 2.00. The fourth-order valence-corrected chi connectivity index (χ4v) is 3.78. The molecule has 0 saturated heterocycles.